The summed E-state index contributed by atoms with van der Waals surface area (Å²) in [4.78, 5) is 0. The van der Waals surface area contributed by atoms with Gasteiger partial charge in [0.05, 0.1) is 5.56 Å². The van der Waals surface area contributed by atoms with Crippen LogP contribution >= 0.6 is 0 Å². The van der Waals surface area contributed by atoms with Gasteiger partial charge in [0.2, 0.25) is 0 Å². The van der Waals surface area contributed by atoms with E-state index in [9.17, 15) is 30.7 Å². The van der Waals surface area contributed by atoms with E-state index in [0.29, 0.717) is 11.6 Å². The highest BCUT2D eigenvalue weighted by atomic mass is 19.4. The SMILES string of the molecule is CCCCCc1ccc(-c2cc(F)c(C(F)(F)Oc3ccc(-c4ccc5c(F)c(C#CC(F)(F)F)c(F)cc5c4)c(F)c3)c(F)c2)cc1. The topological polar surface area (TPSA) is 9.23 Å². The minimum atomic E-state index is -4.98. The Bertz CT molecular complexity index is 2010. The van der Waals surface area contributed by atoms with E-state index in [1.165, 1.54) is 12.0 Å². The van der Waals surface area contributed by atoms with Gasteiger partial charge < -0.3 is 4.74 Å². The molecule has 1 nitrogen and oxygen atoms in total. The number of rotatable bonds is 9. The first kappa shape index (κ1) is 34.4. The standard InChI is InChI=1S/C37H24F10O/c1-2-3-4-5-21-6-8-22(9-7-21)24-17-32(40)34(33(41)18-24)37(46,47)48-26-11-13-27(31(39)20-26)23-10-12-28-25(16-23)19-30(38)29(35(28)42)14-15-36(43,44)45/h6-13,16-20H,2-5H2,1H3. The smallest absolute Gasteiger partial charge is 0.429 e. The number of unbranched alkanes of at least 4 members (excludes halogenated alkanes) is 2. The minimum absolute atomic E-state index is 0.0212. The van der Waals surface area contributed by atoms with Crippen molar-refractivity contribution in [2.75, 3.05) is 0 Å². The van der Waals surface area contributed by atoms with Crippen molar-refractivity contribution in [3.8, 4) is 39.8 Å². The third-order valence-corrected chi connectivity index (χ3v) is 7.54. The average molecular weight is 675 g/mol. The summed E-state index contributed by atoms with van der Waals surface area (Å²) in [5, 5.41) is -0.454. The molecule has 0 aliphatic heterocycles. The van der Waals surface area contributed by atoms with Crippen LogP contribution in [0.15, 0.2) is 78.9 Å². The summed E-state index contributed by atoms with van der Waals surface area (Å²) in [6.45, 7) is 2.08. The number of ether oxygens (including phenoxy) is 1. The van der Waals surface area contributed by atoms with Crippen LogP contribution in [0, 0.1) is 40.9 Å². The van der Waals surface area contributed by atoms with E-state index < -0.39 is 58.2 Å². The van der Waals surface area contributed by atoms with Crippen LogP contribution in [0.2, 0.25) is 0 Å². The molecule has 11 heteroatoms. The van der Waals surface area contributed by atoms with E-state index in [1.807, 2.05) is 0 Å². The van der Waals surface area contributed by atoms with Gasteiger partial charge in [-0.15, -0.1) is 0 Å². The molecule has 0 N–H and O–H groups in total. The maximum absolute atomic E-state index is 15.1. The van der Waals surface area contributed by atoms with Crippen LogP contribution < -0.4 is 4.74 Å². The maximum atomic E-state index is 15.1. The zero-order valence-corrected chi connectivity index (χ0v) is 25.0. The molecule has 0 saturated heterocycles. The molecule has 0 radical (unpaired) electrons. The largest absolute Gasteiger partial charge is 0.458 e. The fourth-order valence-corrected chi connectivity index (χ4v) is 5.20. The van der Waals surface area contributed by atoms with Gasteiger partial charge in [-0.3, -0.25) is 0 Å². The Kier molecular flexibility index (Phi) is 9.76. The second-order valence-corrected chi connectivity index (χ2v) is 11.0. The van der Waals surface area contributed by atoms with Crippen LogP contribution in [0.25, 0.3) is 33.0 Å². The zero-order chi connectivity index (χ0) is 34.8. The Morgan fingerprint density at radius 1 is 0.646 bits per heavy atom. The predicted octanol–water partition coefficient (Wildman–Crippen LogP) is 11.6. The van der Waals surface area contributed by atoms with Crippen molar-refractivity contribution < 1.29 is 48.6 Å². The number of aryl methyl sites for hydroxylation is 1. The molecule has 0 atom stereocenters. The van der Waals surface area contributed by atoms with Crippen LogP contribution in [0.4, 0.5) is 43.9 Å². The van der Waals surface area contributed by atoms with Crippen LogP contribution in [0.1, 0.15) is 42.9 Å². The number of hydrogen-bond donors (Lipinski definition) is 0. The maximum Gasteiger partial charge on any atom is 0.458 e. The Balaban J connectivity index is 1.37. The minimum Gasteiger partial charge on any atom is -0.429 e. The number of halogens is 10. The lowest BCUT2D eigenvalue weighted by atomic mass is 9.98. The fraction of sp³-hybridized carbons (Fsp3) is 0.189. The highest BCUT2D eigenvalue weighted by Gasteiger charge is 2.41. The van der Waals surface area contributed by atoms with Gasteiger partial charge in [0.1, 0.15) is 40.4 Å². The first-order chi connectivity index (χ1) is 22.7. The molecule has 0 saturated carbocycles. The zero-order valence-electron chi connectivity index (χ0n) is 25.0. The van der Waals surface area contributed by atoms with Crippen LogP contribution in [-0.4, -0.2) is 6.18 Å². The molecule has 48 heavy (non-hydrogen) atoms. The monoisotopic (exact) mass is 674 g/mol. The molecular formula is C37H24F10O. The second kappa shape index (κ2) is 13.6. The number of benzene rings is 5. The third-order valence-electron chi connectivity index (χ3n) is 7.54. The Labute approximate surface area is 268 Å². The van der Waals surface area contributed by atoms with E-state index >= 15 is 13.2 Å². The summed E-state index contributed by atoms with van der Waals surface area (Å²) >= 11 is 0. The lowest BCUT2D eigenvalue weighted by Crippen LogP contribution is -2.25. The molecule has 5 aromatic carbocycles. The third kappa shape index (κ3) is 7.59. The van der Waals surface area contributed by atoms with E-state index in [1.54, 1.807) is 24.3 Å². The Morgan fingerprint density at radius 3 is 1.94 bits per heavy atom. The lowest BCUT2D eigenvalue weighted by Gasteiger charge is -2.20. The normalized spacial score (nSPS) is 11.8. The molecule has 0 aromatic heterocycles. The quantitative estimate of drug-likeness (QED) is 0.0859. The highest BCUT2D eigenvalue weighted by molar-refractivity contribution is 5.89. The summed E-state index contributed by atoms with van der Waals surface area (Å²) in [6, 6.07) is 14.9. The lowest BCUT2D eigenvalue weighted by molar-refractivity contribution is -0.189. The Morgan fingerprint density at radius 2 is 1.31 bits per heavy atom. The van der Waals surface area contributed by atoms with Crippen molar-refractivity contribution in [3.63, 3.8) is 0 Å². The van der Waals surface area contributed by atoms with Gasteiger partial charge in [-0.05, 0) is 76.9 Å². The summed E-state index contributed by atoms with van der Waals surface area (Å²) in [5.74, 6) is -5.60. The van der Waals surface area contributed by atoms with Crippen LogP contribution in [0.3, 0.4) is 0 Å². The fourth-order valence-electron chi connectivity index (χ4n) is 5.20. The molecule has 0 bridgehead atoms. The number of fused-ring (bicyclic) bond motifs is 1. The first-order valence-corrected chi connectivity index (χ1v) is 14.6. The first-order valence-electron chi connectivity index (χ1n) is 14.6. The van der Waals surface area contributed by atoms with Gasteiger partial charge >= 0.3 is 12.3 Å². The molecular weight excluding hydrogens is 650 g/mol. The van der Waals surface area contributed by atoms with Gasteiger partial charge in [-0.25, -0.2) is 22.0 Å². The van der Waals surface area contributed by atoms with Gasteiger partial charge in [-0.1, -0.05) is 62.1 Å². The van der Waals surface area contributed by atoms with Gasteiger partial charge in [-0.2, -0.15) is 22.0 Å². The van der Waals surface area contributed by atoms with E-state index in [2.05, 4.69) is 11.7 Å². The van der Waals surface area contributed by atoms with Gasteiger partial charge in [0.25, 0.3) is 0 Å². The molecule has 0 unspecified atom stereocenters. The summed E-state index contributed by atoms with van der Waals surface area (Å²) < 4.78 is 146. The summed E-state index contributed by atoms with van der Waals surface area (Å²) in [7, 11) is 0. The molecule has 248 valence electrons. The van der Waals surface area contributed by atoms with Crippen molar-refractivity contribution in [1.82, 2.24) is 0 Å². The summed E-state index contributed by atoms with van der Waals surface area (Å²) in [5.41, 5.74) is -1.52. The molecule has 0 aliphatic rings. The second-order valence-electron chi connectivity index (χ2n) is 11.0. The number of hydrogen-bond acceptors (Lipinski definition) is 1. The van der Waals surface area contributed by atoms with Gasteiger partial charge in [0.15, 0.2) is 0 Å². The van der Waals surface area contributed by atoms with E-state index in [-0.39, 0.29) is 27.5 Å². The predicted molar refractivity (Wildman–Crippen MR) is 162 cm³/mol. The van der Waals surface area contributed by atoms with Crippen LogP contribution in [-0.2, 0) is 12.5 Å². The van der Waals surface area contributed by atoms with E-state index in [4.69, 9.17) is 0 Å². The average Bonchev–Trinajstić information content (AvgIpc) is 3.00. The van der Waals surface area contributed by atoms with E-state index in [0.717, 1.165) is 79.6 Å². The molecule has 0 heterocycles. The van der Waals surface area contributed by atoms with Crippen molar-refractivity contribution >= 4 is 10.8 Å². The number of alkyl halides is 5. The molecule has 0 fully saturated rings. The molecule has 0 spiro atoms. The summed E-state index contributed by atoms with van der Waals surface area (Å²) in [6.07, 6.45) is -5.62. The molecule has 5 rings (SSSR count). The molecule has 5 aromatic rings. The Hall–Kier alpha value is -4.98. The van der Waals surface area contributed by atoms with Crippen LogP contribution in [0.5, 0.6) is 5.75 Å². The van der Waals surface area contributed by atoms with Crippen molar-refractivity contribution in [2.24, 2.45) is 0 Å². The van der Waals surface area contributed by atoms with Crippen molar-refractivity contribution in [1.29, 1.82) is 0 Å². The van der Waals surface area contributed by atoms with Crippen molar-refractivity contribution in [3.05, 3.63) is 125 Å². The molecule has 0 amide bonds. The highest BCUT2D eigenvalue weighted by Crippen LogP contribution is 2.39. The molecule has 0 aliphatic carbocycles. The van der Waals surface area contributed by atoms with Gasteiger partial charge in [0, 0.05) is 22.9 Å². The van der Waals surface area contributed by atoms with Crippen molar-refractivity contribution in [2.45, 2.75) is 44.9 Å².